The SMILES string of the molecule is CCC(C)(CNC(=N)NC(=N)N)c1ccc(C(C)(CC)C[PH](c2ccccc2)(c2ccccc2)c2ccccc2)cc1. The number of nitrogens with one attached hydrogen (secondary N) is 4. The summed E-state index contributed by atoms with van der Waals surface area (Å²) in [6.07, 6.45) is 2.98. The molecule has 6 N–H and O–H groups in total. The van der Waals surface area contributed by atoms with Crippen LogP contribution in [0.1, 0.15) is 51.7 Å². The summed E-state index contributed by atoms with van der Waals surface area (Å²) in [4.78, 5) is 0. The second-order valence-electron chi connectivity index (χ2n) is 11.9. The van der Waals surface area contributed by atoms with Crippen LogP contribution in [-0.4, -0.2) is 24.6 Å². The van der Waals surface area contributed by atoms with Crippen LogP contribution in [0.4, 0.5) is 0 Å². The predicted molar refractivity (Wildman–Crippen MR) is 184 cm³/mol. The molecule has 4 rings (SSSR count). The van der Waals surface area contributed by atoms with Crippen molar-refractivity contribution >= 4 is 35.1 Å². The van der Waals surface area contributed by atoms with Crippen LogP contribution in [0.15, 0.2) is 115 Å². The molecule has 0 aliphatic heterocycles. The summed E-state index contributed by atoms with van der Waals surface area (Å²) in [6, 6.07) is 42.7. The molecule has 2 atom stereocenters. The Morgan fingerprint density at radius 2 is 1.02 bits per heavy atom. The Morgan fingerprint density at radius 3 is 1.38 bits per heavy atom. The molecule has 0 radical (unpaired) electrons. The van der Waals surface area contributed by atoms with Crippen LogP contribution >= 0.6 is 7.26 Å². The second-order valence-corrected chi connectivity index (χ2v) is 15.7. The molecule has 4 aromatic carbocycles. The van der Waals surface area contributed by atoms with Gasteiger partial charge in [0.2, 0.25) is 0 Å². The molecule has 0 aliphatic rings. The molecule has 0 aliphatic carbocycles. The zero-order chi connectivity index (χ0) is 30.2. The summed E-state index contributed by atoms with van der Waals surface area (Å²) in [5.74, 6) is -0.198. The summed E-state index contributed by atoms with van der Waals surface area (Å²) in [5, 5.41) is 25.4. The van der Waals surface area contributed by atoms with Gasteiger partial charge in [0.05, 0.1) is 0 Å². The number of rotatable bonds is 11. The zero-order valence-corrected chi connectivity index (χ0v) is 26.4. The second kappa shape index (κ2) is 13.4. The first-order valence-corrected chi connectivity index (χ1v) is 17.1. The fraction of sp³-hybridized carbons (Fsp3) is 0.278. The molecule has 6 heteroatoms. The van der Waals surface area contributed by atoms with E-state index < -0.39 is 7.26 Å². The third kappa shape index (κ3) is 6.58. The standard InChI is InChI=1S/C36H46N5P/c1-5-35(3,26-40-34(39)41-33(37)38)28-22-24-29(25-23-28)36(4,6-2)27-42(30-16-10-7-11-17-30,31-18-12-8-13-19-31)32-20-14-9-15-21-32/h7-25,42H,5-6,26-27H2,1-4H3,(H6,37,38,39,40,41). The van der Waals surface area contributed by atoms with E-state index in [4.69, 9.17) is 16.6 Å². The van der Waals surface area contributed by atoms with Crippen molar-refractivity contribution in [1.82, 2.24) is 10.6 Å². The quantitative estimate of drug-likeness (QED) is 0.0889. The molecule has 4 aromatic rings. The van der Waals surface area contributed by atoms with Crippen molar-refractivity contribution in [1.29, 1.82) is 10.8 Å². The van der Waals surface area contributed by atoms with Crippen LogP contribution in [0, 0.1) is 10.8 Å². The van der Waals surface area contributed by atoms with Crippen molar-refractivity contribution in [3.8, 4) is 0 Å². The molecule has 0 saturated heterocycles. The van der Waals surface area contributed by atoms with Crippen molar-refractivity contribution in [3.63, 3.8) is 0 Å². The minimum atomic E-state index is -2.43. The van der Waals surface area contributed by atoms with E-state index in [1.807, 2.05) is 0 Å². The predicted octanol–water partition coefficient (Wildman–Crippen LogP) is 5.76. The Balaban J connectivity index is 1.76. The van der Waals surface area contributed by atoms with E-state index in [2.05, 4.69) is 154 Å². The van der Waals surface area contributed by atoms with Crippen molar-refractivity contribution in [2.24, 2.45) is 5.73 Å². The number of benzene rings is 4. The molecule has 42 heavy (non-hydrogen) atoms. The molecule has 0 amide bonds. The van der Waals surface area contributed by atoms with Crippen LogP contribution in [0.3, 0.4) is 0 Å². The van der Waals surface area contributed by atoms with Gasteiger partial charge in [0.15, 0.2) is 0 Å². The van der Waals surface area contributed by atoms with Gasteiger partial charge in [0.25, 0.3) is 0 Å². The summed E-state index contributed by atoms with van der Waals surface area (Å²) in [7, 11) is -2.43. The summed E-state index contributed by atoms with van der Waals surface area (Å²) in [6.45, 7) is 9.72. The fourth-order valence-electron chi connectivity index (χ4n) is 6.16. The first-order chi connectivity index (χ1) is 20.2. The fourth-order valence-corrected chi connectivity index (χ4v) is 11.7. The van der Waals surface area contributed by atoms with E-state index >= 15 is 0 Å². The molecule has 2 unspecified atom stereocenters. The van der Waals surface area contributed by atoms with Crippen LogP contribution in [0.2, 0.25) is 0 Å². The first-order valence-electron chi connectivity index (χ1n) is 14.9. The van der Waals surface area contributed by atoms with Gasteiger partial charge in [0, 0.05) is 0 Å². The van der Waals surface area contributed by atoms with E-state index in [1.165, 1.54) is 27.0 Å². The van der Waals surface area contributed by atoms with Crippen molar-refractivity contribution in [3.05, 3.63) is 126 Å². The van der Waals surface area contributed by atoms with E-state index in [0.717, 1.165) is 19.0 Å². The number of guanidine groups is 2. The molecular formula is C36H46N5P. The zero-order valence-electron chi connectivity index (χ0n) is 25.4. The third-order valence-electron chi connectivity index (χ3n) is 9.21. The van der Waals surface area contributed by atoms with Gasteiger partial charge in [-0.15, -0.1) is 0 Å². The average molecular weight is 580 g/mol. The van der Waals surface area contributed by atoms with E-state index in [0.29, 0.717) is 6.54 Å². The molecule has 0 bridgehead atoms. The Bertz CT molecular complexity index is 1360. The normalized spacial score (nSPS) is 14.7. The van der Waals surface area contributed by atoms with Gasteiger partial charge in [-0.3, -0.25) is 5.41 Å². The molecule has 220 valence electrons. The summed E-state index contributed by atoms with van der Waals surface area (Å²) in [5.41, 5.74) is 7.75. The van der Waals surface area contributed by atoms with Gasteiger partial charge in [-0.1, -0.05) is 0 Å². The van der Waals surface area contributed by atoms with Crippen LogP contribution in [0.5, 0.6) is 0 Å². The van der Waals surface area contributed by atoms with Gasteiger partial charge >= 0.3 is 242 Å². The Kier molecular flexibility index (Phi) is 9.85. The summed E-state index contributed by atoms with van der Waals surface area (Å²) >= 11 is 0. The molecule has 0 aromatic heterocycles. The maximum absolute atomic E-state index is 8.03. The topological polar surface area (TPSA) is 97.8 Å². The number of nitrogens with two attached hydrogens (primary N) is 1. The molecule has 5 nitrogen and oxygen atoms in total. The summed E-state index contributed by atoms with van der Waals surface area (Å²) < 4.78 is 0. The van der Waals surface area contributed by atoms with E-state index in [-0.39, 0.29) is 22.7 Å². The molecular weight excluding hydrogens is 533 g/mol. The minimum absolute atomic E-state index is 0.0430. The van der Waals surface area contributed by atoms with Gasteiger partial charge in [-0.25, -0.2) is 0 Å². The average Bonchev–Trinajstić information content (AvgIpc) is 3.03. The maximum atomic E-state index is 8.03. The van der Waals surface area contributed by atoms with Crippen LogP contribution in [-0.2, 0) is 10.8 Å². The van der Waals surface area contributed by atoms with Crippen LogP contribution in [0.25, 0.3) is 0 Å². The third-order valence-corrected chi connectivity index (χ3v) is 14.5. The van der Waals surface area contributed by atoms with Gasteiger partial charge in [-0.2, -0.15) is 0 Å². The Labute approximate surface area is 252 Å². The van der Waals surface area contributed by atoms with Crippen molar-refractivity contribution in [2.45, 2.75) is 51.4 Å². The Hall–Kier alpha value is -3.95. The molecule has 0 heterocycles. The number of hydrogen-bond acceptors (Lipinski definition) is 2. The monoisotopic (exact) mass is 579 g/mol. The van der Waals surface area contributed by atoms with Crippen molar-refractivity contribution in [2.75, 3.05) is 12.7 Å². The van der Waals surface area contributed by atoms with E-state index in [1.54, 1.807) is 0 Å². The van der Waals surface area contributed by atoms with Crippen LogP contribution < -0.4 is 32.3 Å². The number of hydrogen-bond donors (Lipinski definition) is 5. The van der Waals surface area contributed by atoms with Gasteiger partial charge in [0.1, 0.15) is 0 Å². The van der Waals surface area contributed by atoms with Gasteiger partial charge in [-0.05, 0) is 0 Å². The first kappa shape index (κ1) is 31.0. The van der Waals surface area contributed by atoms with Gasteiger partial charge < -0.3 is 5.73 Å². The van der Waals surface area contributed by atoms with Crippen molar-refractivity contribution < 1.29 is 0 Å². The van der Waals surface area contributed by atoms with E-state index in [9.17, 15) is 0 Å². The molecule has 0 fully saturated rings. The molecule has 0 spiro atoms. The Morgan fingerprint density at radius 1 is 0.643 bits per heavy atom. The molecule has 0 saturated carbocycles.